The number of nitrogens with zero attached hydrogens (tertiary/aromatic N) is 1. The Balaban J connectivity index is 1.62. The molecule has 1 N–H and O–H groups in total. The van der Waals surface area contributed by atoms with Crippen LogP contribution in [0.15, 0.2) is 78.9 Å². The molecule has 0 heterocycles. The zero-order valence-corrected chi connectivity index (χ0v) is 21.4. The van der Waals surface area contributed by atoms with Crippen molar-refractivity contribution in [2.24, 2.45) is 0 Å². The molecule has 0 aliphatic heterocycles. The molecule has 0 bridgehead atoms. The van der Waals surface area contributed by atoms with Crippen LogP contribution in [0.1, 0.15) is 42.4 Å². The molecule has 1 saturated carbocycles. The molecular weight excluding hydrogens is 472 g/mol. The molecule has 3 aromatic rings. The van der Waals surface area contributed by atoms with Crippen molar-refractivity contribution in [3.63, 3.8) is 0 Å². The van der Waals surface area contributed by atoms with E-state index in [1.807, 2.05) is 73.7 Å². The maximum atomic E-state index is 13.7. The number of rotatable bonds is 10. The monoisotopic (exact) mass is 504 g/mol. The molecule has 0 spiro atoms. The van der Waals surface area contributed by atoms with Crippen molar-refractivity contribution in [3.05, 3.63) is 101 Å². The number of para-hydroxylation sites is 1. The zero-order chi connectivity index (χ0) is 25.3. The number of carbonyl (C=O) groups is 2. The fraction of sp³-hybridized carbons (Fsp3) is 0.333. The molecule has 1 atom stereocenters. The fourth-order valence-electron chi connectivity index (χ4n) is 4.71. The number of benzene rings is 3. The van der Waals surface area contributed by atoms with Gasteiger partial charge in [0.15, 0.2) is 6.61 Å². The second-order valence-electron chi connectivity index (χ2n) is 9.43. The second-order valence-corrected chi connectivity index (χ2v) is 9.83. The standard InChI is InChI=1S/C30H33ClN2O3/c1-22-10-9-13-24(18-22)20-33(29(34)21-36-28-17-8-7-16-26(28)31)27(19-23-11-3-2-4-12-23)30(35)32-25-14-5-6-15-25/h2-4,7-13,16-18,25,27H,5-6,14-15,19-21H2,1H3,(H,32,35). The molecule has 1 fully saturated rings. The van der Waals surface area contributed by atoms with Crippen LogP contribution in [-0.4, -0.2) is 35.4 Å². The zero-order valence-electron chi connectivity index (χ0n) is 20.7. The number of ether oxygens (including phenoxy) is 1. The summed E-state index contributed by atoms with van der Waals surface area (Å²) in [5, 5.41) is 3.66. The number of aryl methyl sites for hydroxylation is 1. The highest BCUT2D eigenvalue weighted by molar-refractivity contribution is 6.32. The lowest BCUT2D eigenvalue weighted by Crippen LogP contribution is -2.53. The first-order valence-electron chi connectivity index (χ1n) is 12.6. The quantitative estimate of drug-likeness (QED) is 0.384. The van der Waals surface area contributed by atoms with Crippen molar-refractivity contribution in [3.8, 4) is 5.75 Å². The smallest absolute Gasteiger partial charge is 0.261 e. The largest absolute Gasteiger partial charge is 0.482 e. The van der Waals surface area contributed by atoms with Crippen LogP contribution in [0.4, 0.5) is 0 Å². The van der Waals surface area contributed by atoms with Gasteiger partial charge in [0, 0.05) is 19.0 Å². The fourth-order valence-corrected chi connectivity index (χ4v) is 4.90. The number of amides is 2. The molecule has 1 aliphatic rings. The van der Waals surface area contributed by atoms with Crippen molar-refractivity contribution in [2.75, 3.05) is 6.61 Å². The van der Waals surface area contributed by atoms with E-state index < -0.39 is 6.04 Å². The Morgan fingerprint density at radius 3 is 2.39 bits per heavy atom. The third kappa shape index (κ3) is 7.11. The maximum absolute atomic E-state index is 13.7. The van der Waals surface area contributed by atoms with E-state index in [2.05, 4.69) is 5.32 Å². The van der Waals surface area contributed by atoms with Gasteiger partial charge in [-0.05, 0) is 43.0 Å². The van der Waals surface area contributed by atoms with Crippen LogP contribution in [0.5, 0.6) is 5.75 Å². The summed E-state index contributed by atoms with van der Waals surface area (Å²) in [6, 6.07) is 24.4. The molecule has 2 amide bonds. The van der Waals surface area contributed by atoms with Gasteiger partial charge in [-0.2, -0.15) is 0 Å². The van der Waals surface area contributed by atoms with Gasteiger partial charge >= 0.3 is 0 Å². The number of hydrogen-bond donors (Lipinski definition) is 1. The number of carbonyl (C=O) groups excluding carboxylic acids is 2. The molecule has 5 nitrogen and oxygen atoms in total. The van der Waals surface area contributed by atoms with Crippen LogP contribution >= 0.6 is 11.6 Å². The van der Waals surface area contributed by atoms with Gasteiger partial charge in [-0.25, -0.2) is 0 Å². The van der Waals surface area contributed by atoms with E-state index in [1.165, 1.54) is 0 Å². The first-order valence-corrected chi connectivity index (χ1v) is 12.9. The van der Waals surface area contributed by atoms with E-state index in [9.17, 15) is 9.59 Å². The van der Waals surface area contributed by atoms with Gasteiger partial charge < -0.3 is 15.0 Å². The molecule has 1 unspecified atom stereocenters. The Labute approximate surface area is 218 Å². The molecule has 0 radical (unpaired) electrons. The van der Waals surface area contributed by atoms with E-state index in [-0.39, 0.29) is 24.5 Å². The molecule has 0 aromatic heterocycles. The highest BCUT2D eigenvalue weighted by Gasteiger charge is 2.32. The van der Waals surface area contributed by atoms with E-state index in [1.54, 1.807) is 17.0 Å². The molecule has 3 aromatic carbocycles. The van der Waals surface area contributed by atoms with Crippen LogP contribution in [0.2, 0.25) is 5.02 Å². The van der Waals surface area contributed by atoms with Crippen LogP contribution < -0.4 is 10.1 Å². The lowest BCUT2D eigenvalue weighted by Gasteiger charge is -2.32. The molecule has 4 rings (SSSR count). The minimum absolute atomic E-state index is 0.121. The third-order valence-corrected chi connectivity index (χ3v) is 6.91. The van der Waals surface area contributed by atoms with E-state index in [4.69, 9.17) is 16.3 Å². The van der Waals surface area contributed by atoms with Gasteiger partial charge in [0.25, 0.3) is 5.91 Å². The lowest BCUT2D eigenvalue weighted by atomic mass is 10.0. The minimum Gasteiger partial charge on any atom is -0.482 e. The number of halogens is 1. The highest BCUT2D eigenvalue weighted by Crippen LogP contribution is 2.24. The molecule has 0 saturated heterocycles. The minimum atomic E-state index is -0.671. The molecule has 36 heavy (non-hydrogen) atoms. The van der Waals surface area contributed by atoms with E-state index in [0.29, 0.717) is 23.7 Å². The third-order valence-electron chi connectivity index (χ3n) is 6.60. The van der Waals surface area contributed by atoms with Crippen LogP contribution in [-0.2, 0) is 22.6 Å². The van der Waals surface area contributed by atoms with Gasteiger partial charge in [-0.3, -0.25) is 9.59 Å². The SMILES string of the molecule is Cc1cccc(CN(C(=O)COc2ccccc2Cl)C(Cc2ccccc2)C(=O)NC2CCCC2)c1. The normalized spacial score (nSPS) is 14.3. The average molecular weight is 505 g/mol. The van der Waals surface area contributed by atoms with Crippen molar-refractivity contribution in [2.45, 2.75) is 57.7 Å². The summed E-state index contributed by atoms with van der Waals surface area (Å²) >= 11 is 6.24. The topological polar surface area (TPSA) is 58.6 Å². The van der Waals surface area contributed by atoms with Crippen LogP contribution in [0, 0.1) is 6.92 Å². The number of hydrogen-bond acceptors (Lipinski definition) is 3. The lowest BCUT2D eigenvalue weighted by molar-refractivity contribution is -0.143. The van der Waals surface area contributed by atoms with E-state index in [0.717, 1.165) is 42.4 Å². The summed E-state index contributed by atoms with van der Waals surface area (Å²) in [4.78, 5) is 29.0. The predicted octanol–water partition coefficient (Wildman–Crippen LogP) is 5.73. The predicted molar refractivity (Wildman–Crippen MR) is 143 cm³/mol. The van der Waals surface area contributed by atoms with Gasteiger partial charge in [0.1, 0.15) is 11.8 Å². The number of nitrogens with one attached hydrogen (secondary N) is 1. The van der Waals surface area contributed by atoms with Crippen molar-refractivity contribution < 1.29 is 14.3 Å². The summed E-state index contributed by atoms with van der Waals surface area (Å²) in [6.07, 6.45) is 4.61. The Morgan fingerprint density at radius 1 is 0.972 bits per heavy atom. The van der Waals surface area contributed by atoms with Crippen molar-refractivity contribution >= 4 is 23.4 Å². The highest BCUT2D eigenvalue weighted by atomic mass is 35.5. The molecule has 1 aliphatic carbocycles. The first-order chi connectivity index (χ1) is 17.5. The van der Waals surface area contributed by atoms with Gasteiger partial charge in [-0.15, -0.1) is 0 Å². The van der Waals surface area contributed by atoms with Crippen molar-refractivity contribution in [1.82, 2.24) is 10.2 Å². The Morgan fingerprint density at radius 2 is 1.67 bits per heavy atom. The summed E-state index contributed by atoms with van der Waals surface area (Å²) in [6.45, 7) is 2.12. The summed E-state index contributed by atoms with van der Waals surface area (Å²) < 4.78 is 5.80. The summed E-state index contributed by atoms with van der Waals surface area (Å²) in [5.74, 6) is 0.0569. The van der Waals surface area contributed by atoms with Gasteiger partial charge in [0.2, 0.25) is 5.91 Å². The van der Waals surface area contributed by atoms with E-state index >= 15 is 0 Å². The Kier molecular flexibility index (Phi) is 9.01. The average Bonchev–Trinajstić information content (AvgIpc) is 3.39. The Bertz CT molecular complexity index is 1160. The Hall–Kier alpha value is -3.31. The van der Waals surface area contributed by atoms with Crippen LogP contribution in [0.3, 0.4) is 0 Å². The second kappa shape index (κ2) is 12.6. The molecular formula is C30H33ClN2O3. The first kappa shape index (κ1) is 25.8. The summed E-state index contributed by atoms with van der Waals surface area (Å²) in [7, 11) is 0. The maximum Gasteiger partial charge on any atom is 0.261 e. The molecule has 188 valence electrons. The van der Waals surface area contributed by atoms with Gasteiger partial charge in [-0.1, -0.05) is 96.7 Å². The molecule has 6 heteroatoms. The van der Waals surface area contributed by atoms with Crippen molar-refractivity contribution in [1.29, 1.82) is 0 Å². The van der Waals surface area contributed by atoms with Gasteiger partial charge in [0.05, 0.1) is 5.02 Å². The van der Waals surface area contributed by atoms with Crippen LogP contribution in [0.25, 0.3) is 0 Å². The summed E-state index contributed by atoms with van der Waals surface area (Å²) in [5.41, 5.74) is 3.06.